The highest BCUT2D eigenvalue weighted by atomic mass is 16.5. The van der Waals surface area contributed by atoms with Crippen molar-refractivity contribution in [3.63, 3.8) is 0 Å². The molecule has 0 aromatic heterocycles. The largest absolute Gasteiger partial charge is 0.377 e. The van der Waals surface area contributed by atoms with Crippen LogP contribution < -0.4 is 0 Å². The molecule has 1 nitrogen and oxygen atoms in total. The molecule has 2 aromatic rings. The van der Waals surface area contributed by atoms with Gasteiger partial charge in [0.25, 0.3) is 0 Å². The maximum absolute atomic E-state index is 5.68. The highest BCUT2D eigenvalue weighted by Gasteiger charge is 2.23. The maximum atomic E-state index is 5.68. The quantitative estimate of drug-likeness (QED) is 0.584. The Morgan fingerprint density at radius 2 is 1.79 bits per heavy atom. The summed E-state index contributed by atoms with van der Waals surface area (Å²) in [5.41, 5.74) is 5.56. The number of ether oxygens (including phenoxy) is 1. The lowest BCUT2D eigenvalue weighted by atomic mass is 9.79. The van der Waals surface area contributed by atoms with Gasteiger partial charge in [0.1, 0.15) is 0 Å². The molecular weight excluding hydrogens is 232 g/mol. The van der Waals surface area contributed by atoms with Crippen LogP contribution in [0.1, 0.15) is 17.0 Å². The molecule has 1 atom stereocenters. The highest BCUT2D eigenvalue weighted by Crippen LogP contribution is 2.39. The Bertz CT molecular complexity index is 586. The van der Waals surface area contributed by atoms with Crippen LogP contribution in [0.15, 0.2) is 61.2 Å². The third-order valence-electron chi connectivity index (χ3n) is 3.73. The van der Waals surface area contributed by atoms with Crippen molar-refractivity contribution in [2.24, 2.45) is 0 Å². The van der Waals surface area contributed by atoms with Crippen LogP contribution in [-0.2, 0) is 11.2 Å². The number of hydrogen-bond donors (Lipinski definition) is 0. The summed E-state index contributed by atoms with van der Waals surface area (Å²) in [4.78, 5) is 0. The molecule has 0 heterocycles. The van der Waals surface area contributed by atoms with Crippen molar-refractivity contribution in [2.75, 3.05) is 13.2 Å². The highest BCUT2D eigenvalue weighted by molar-refractivity contribution is 5.73. The molecule has 0 spiro atoms. The Hall–Kier alpha value is -1.86. The van der Waals surface area contributed by atoms with Gasteiger partial charge in [-0.3, -0.25) is 0 Å². The topological polar surface area (TPSA) is 9.23 Å². The number of rotatable bonds is 4. The fourth-order valence-corrected chi connectivity index (χ4v) is 2.88. The van der Waals surface area contributed by atoms with E-state index in [1.165, 1.54) is 22.3 Å². The molecule has 0 bridgehead atoms. The molecule has 1 aliphatic rings. The van der Waals surface area contributed by atoms with Gasteiger partial charge < -0.3 is 4.74 Å². The van der Waals surface area contributed by atoms with Gasteiger partial charge in [0.15, 0.2) is 0 Å². The van der Waals surface area contributed by atoms with E-state index in [4.69, 9.17) is 4.74 Å². The second-order valence-electron chi connectivity index (χ2n) is 4.97. The van der Waals surface area contributed by atoms with Crippen molar-refractivity contribution < 1.29 is 4.74 Å². The van der Waals surface area contributed by atoms with E-state index in [1.807, 2.05) is 6.08 Å². The van der Waals surface area contributed by atoms with Gasteiger partial charge in [-0.25, -0.2) is 0 Å². The lowest BCUT2D eigenvalue weighted by Gasteiger charge is -2.27. The van der Waals surface area contributed by atoms with Gasteiger partial charge in [0.05, 0.1) is 13.2 Å². The van der Waals surface area contributed by atoms with Crippen LogP contribution in [0.2, 0.25) is 0 Å². The molecule has 19 heavy (non-hydrogen) atoms. The standard InChI is InChI=1S/C18H18O/c1-2-11-19-13-15-12-14-7-3-4-8-16(14)18-10-6-5-9-17(15)18/h2-10,15H,1,11-13H2. The van der Waals surface area contributed by atoms with Gasteiger partial charge in [0.2, 0.25) is 0 Å². The van der Waals surface area contributed by atoms with Crippen LogP contribution in [0, 0.1) is 0 Å². The van der Waals surface area contributed by atoms with Crippen molar-refractivity contribution in [2.45, 2.75) is 12.3 Å². The molecule has 0 aliphatic heterocycles. The van der Waals surface area contributed by atoms with Gasteiger partial charge in [-0.1, -0.05) is 54.6 Å². The van der Waals surface area contributed by atoms with E-state index in [-0.39, 0.29) is 0 Å². The van der Waals surface area contributed by atoms with Gasteiger partial charge >= 0.3 is 0 Å². The zero-order valence-corrected chi connectivity index (χ0v) is 11.0. The van der Waals surface area contributed by atoms with Crippen molar-refractivity contribution >= 4 is 0 Å². The first-order chi connectivity index (χ1) is 9.40. The summed E-state index contributed by atoms with van der Waals surface area (Å²) >= 11 is 0. The molecule has 0 saturated heterocycles. The molecule has 3 rings (SSSR count). The van der Waals surface area contributed by atoms with Crippen LogP contribution in [0.4, 0.5) is 0 Å². The summed E-state index contributed by atoms with van der Waals surface area (Å²) in [7, 11) is 0. The summed E-state index contributed by atoms with van der Waals surface area (Å²) in [5, 5.41) is 0. The lowest BCUT2D eigenvalue weighted by Crippen LogP contribution is -2.16. The smallest absolute Gasteiger partial charge is 0.0645 e. The second-order valence-corrected chi connectivity index (χ2v) is 4.97. The zero-order valence-electron chi connectivity index (χ0n) is 11.0. The Balaban J connectivity index is 1.97. The minimum atomic E-state index is 0.450. The molecule has 0 amide bonds. The van der Waals surface area contributed by atoms with Crippen LogP contribution in [0.3, 0.4) is 0 Å². The van der Waals surface area contributed by atoms with E-state index in [2.05, 4.69) is 55.1 Å². The summed E-state index contributed by atoms with van der Waals surface area (Å²) in [6.07, 6.45) is 2.87. The van der Waals surface area contributed by atoms with E-state index >= 15 is 0 Å². The third-order valence-corrected chi connectivity index (χ3v) is 3.73. The Kier molecular flexibility index (Phi) is 3.47. The molecule has 1 heteroatoms. The fourth-order valence-electron chi connectivity index (χ4n) is 2.88. The van der Waals surface area contributed by atoms with Crippen molar-refractivity contribution in [1.29, 1.82) is 0 Å². The predicted molar refractivity (Wildman–Crippen MR) is 79.3 cm³/mol. The van der Waals surface area contributed by atoms with Crippen molar-refractivity contribution in [3.05, 3.63) is 72.3 Å². The van der Waals surface area contributed by atoms with Crippen LogP contribution >= 0.6 is 0 Å². The van der Waals surface area contributed by atoms with E-state index in [0.717, 1.165) is 13.0 Å². The monoisotopic (exact) mass is 250 g/mol. The first-order valence-corrected chi connectivity index (χ1v) is 6.76. The first kappa shape index (κ1) is 12.2. The fraction of sp³-hybridized carbons (Fsp3) is 0.222. The Morgan fingerprint density at radius 1 is 1.05 bits per heavy atom. The average Bonchev–Trinajstić information content (AvgIpc) is 2.47. The van der Waals surface area contributed by atoms with Crippen LogP contribution in [-0.4, -0.2) is 13.2 Å². The summed E-state index contributed by atoms with van der Waals surface area (Å²) in [5.74, 6) is 0.450. The average molecular weight is 250 g/mol. The predicted octanol–water partition coefficient (Wildman–Crippen LogP) is 4.20. The minimum Gasteiger partial charge on any atom is -0.377 e. The van der Waals surface area contributed by atoms with E-state index in [0.29, 0.717) is 12.5 Å². The molecule has 0 fully saturated rings. The van der Waals surface area contributed by atoms with E-state index < -0.39 is 0 Å². The van der Waals surface area contributed by atoms with E-state index in [9.17, 15) is 0 Å². The van der Waals surface area contributed by atoms with E-state index in [1.54, 1.807) is 0 Å². The maximum Gasteiger partial charge on any atom is 0.0645 e. The SMILES string of the molecule is C=CCOCC1Cc2ccccc2-c2ccccc21. The summed E-state index contributed by atoms with van der Waals surface area (Å²) < 4.78 is 5.68. The van der Waals surface area contributed by atoms with Crippen molar-refractivity contribution in [1.82, 2.24) is 0 Å². The van der Waals surface area contributed by atoms with Crippen LogP contribution in [0.5, 0.6) is 0 Å². The van der Waals surface area contributed by atoms with Gasteiger partial charge in [-0.2, -0.15) is 0 Å². The molecule has 0 N–H and O–H groups in total. The number of fused-ring (bicyclic) bond motifs is 3. The molecule has 1 aliphatic carbocycles. The summed E-state index contributed by atoms with van der Waals surface area (Å²) in [6, 6.07) is 17.4. The van der Waals surface area contributed by atoms with Gasteiger partial charge in [0, 0.05) is 5.92 Å². The zero-order chi connectivity index (χ0) is 13.1. The van der Waals surface area contributed by atoms with Crippen molar-refractivity contribution in [3.8, 4) is 11.1 Å². The van der Waals surface area contributed by atoms with Gasteiger partial charge in [-0.15, -0.1) is 6.58 Å². The second kappa shape index (κ2) is 5.41. The molecule has 1 unspecified atom stereocenters. The molecule has 0 saturated carbocycles. The Morgan fingerprint density at radius 3 is 2.63 bits per heavy atom. The van der Waals surface area contributed by atoms with Crippen LogP contribution in [0.25, 0.3) is 11.1 Å². The molecule has 0 radical (unpaired) electrons. The first-order valence-electron chi connectivity index (χ1n) is 6.76. The molecule has 2 aromatic carbocycles. The van der Waals surface area contributed by atoms with Gasteiger partial charge in [-0.05, 0) is 28.7 Å². The molecule has 96 valence electrons. The lowest BCUT2D eigenvalue weighted by molar-refractivity contribution is 0.145. The Labute approximate surface area is 114 Å². The number of benzene rings is 2. The third kappa shape index (κ3) is 2.34. The molecular formula is C18H18O. The summed E-state index contributed by atoms with van der Waals surface area (Å²) in [6.45, 7) is 5.09. The number of hydrogen-bond acceptors (Lipinski definition) is 1. The normalized spacial score (nSPS) is 16.5. The minimum absolute atomic E-state index is 0.450.